The first-order chi connectivity index (χ1) is 14.9. The summed E-state index contributed by atoms with van der Waals surface area (Å²) in [6.07, 6.45) is 5.02. The Hall–Kier alpha value is -2.80. The van der Waals surface area contributed by atoms with Gasteiger partial charge in [-0.05, 0) is 57.1 Å². The van der Waals surface area contributed by atoms with Crippen LogP contribution < -0.4 is 5.32 Å². The zero-order valence-electron chi connectivity index (χ0n) is 18.9. The molecule has 3 heterocycles. The number of nitrogens with zero attached hydrogens (tertiary/aromatic N) is 4. The van der Waals surface area contributed by atoms with Crippen molar-refractivity contribution in [1.82, 2.24) is 25.1 Å². The lowest BCUT2D eigenvalue weighted by Crippen LogP contribution is -2.43. The van der Waals surface area contributed by atoms with Crippen molar-refractivity contribution in [1.29, 1.82) is 0 Å². The molecule has 2 amide bonds. The molecule has 2 aromatic rings. The first-order valence-electron chi connectivity index (χ1n) is 11.0. The lowest BCUT2D eigenvalue weighted by atomic mass is 9.92. The molecule has 0 bridgehead atoms. The molecule has 1 fully saturated rings. The summed E-state index contributed by atoms with van der Waals surface area (Å²) in [5.74, 6) is 0.633. The third-order valence-corrected chi connectivity index (χ3v) is 6.04. The van der Waals surface area contributed by atoms with E-state index < -0.39 is 0 Å². The predicted octanol–water partition coefficient (Wildman–Crippen LogP) is 2.81. The van der Waals surface area contributed by atoms with Gasteiger partial charge in [-0.1, -0.05) is 19.9 Å². The van der Waals surface area contributed by atoms with Crippen LogP contribution in [-0.2, 0) is 0 Å². The van der Waals surface area contributed by atoms with Crippen molar-refractivity contribution in [2.75, 3.05) is 33.7 Å². The molecule has 0 aliphatic carbocycles. The van der Waals surface area contributed by atoms with Gasteiger partial charge in [-0.25, -0.2) is 0 Å². The first-order valence-corrected chi connectivity index (χ1v) is 11.0. The molecule has 0 spiro atoms. The van der Waals surface area contributed by atoms with E-state index in [0.717, 1.165) is 18.5 Å². The second kappa shape index (κ2) is 10.5. The molecular weight excluding hydrogens is 390 g/mol. The van der Waals surface area contributed by atoms with E-state index >= 15 is 0 Å². The summed E-state index contributed by atoms with van der Waals surface area (Å²) in [6.45, 7) is 6.29. The van der Waals surface area contributed by atoms with Crippen molar-refractivity contribution in [3.8, 4) is 0 Å². The van der Waals surface area contributed by atoms with Crippen LogP contribution >= 0.6 is 0 Å². The Morgan fingerprint density at radius 2 is 1.87 bits per heavy atom. The Morgan fingerprint density at radius 3 is 2.42 bits per heavy atom. The second-order valence-corrected chi connectivity index (χ2v) is 8.74. The van der Waals surface area contributed by atoms with Crippen molar-refractivity contribution in [3.63, 3.8) is 0 Å². The minimum atomic E-state index is -0.0951. The number of carbonyl (C=O) groups excluding carboxylic acids is 2. The third-order valence-electron chi connectivity index (χ3n) is 6.04. The Kier molecular flexibility index (Phi) is 7.74. The average Bonchev–Trinajstić information content (AvgIpc) is 2.79. The van der Waals surface area contributed by atoms with Crippen LogP contribution in [-0.4, -0.2) is 71.4 Å². The largest absolute Gasteiger partial charge is 0.350 e. The average molecular weight is 424 g/mol. The highest BCUT2D eigenvalue weighted by Gasteiger charge is 2.26. The number of likely N-dealkylation sites (N-methyl/N-ethyl adjacent to an activating group) is 1. The van der Waals surface area contributed by atoms with Gasteiger partial charge in [0.25, 0.3) is 11.8 Å². The van der Waals surface area contributed by atoms with Crippen LogP contribution in [0, 0.1) is 5.92 Å². The number of hydrogen-bond donors (Lipinski definition) is 1. The van der Waals surface area contributed by atoms with Crippen molar-refractivity contribution < 1.29 is 9.59 Å². The number of carbonyl (C=O) groups is 2. The smallest absolute Gasteiger partial charge is 0.272 e. The normalized spacial score (nSPS) is 15.9. The number of amides is 2. The lowest BCUT2D eigenvalue weighted by molar-refractivity contribution is 0.0705. The Balaban J connectivity index is 1.52. The molecule has 1 saturated heterocycles. The van der Waals surface area contributed by atoms with Gasteiger partial charge in [0.15, 0.2) is 0 Å². The van der Waals surface area contributed by atoms with Crippen LogP contribution in [0.4, 0.5) is 0 Å². The first kappa shape index (κ1) is 22.9. The van der Waals surface area contributed by atoms with Crippen molar-refractivity contribution >= 4 is 11.8 Å². The number of piperidine rings is 1. The Morgan fingerprint density at radius 1 is 1.13 bits per heavy atom. The summed E-state index contributed by atoms with van der Waals surface area (Å²) in [7, 11) is 4.06. The molecule has 3 rings (SSSR count). The van der Waals surface area contributed by atoms with E-state index in [1.54, 1.807) is 18.5 Å². The molecule has 2 aromatic heterocycles. The van der Waals surface area contributed by atoms with Gasteiger partial charge in [0.05, 0.1) is 5.56 Å². The van der Waals surface area contributed by atoms with Gasteiger partial charge < -0.3 is 15.1 Å². The fourth-order valence-electron chi connectivity index (χ4n) is 4.12. The van der Waals surface area contributed by atoms with Crippen molar-refractivity contribution in [3.05, 3.63) is 59.7 Å². The van der Waals surface area contributed by atoms with E-state index in [1.165, 1.54) is 0 Å². The van der Waals surface area contributed by atoms with Crippen LogP contribution in [0.5, 0.6) is 0 Å². The zero-order valence-corrected chi connectivity index (χ0v) is 18.9. The third kappa shape index (κ3) is 5.88. The molecule has 0 radical (unpaired) electrons. The van der Waals surface area contributed by atoms with Crippen LogP contribution in [0.25, 0.3) is 0 Å². The quantitative estimate of drug-likeness (QED) is 0.741. The maximum Gasteiger partial charge on any atom is 0.272 e. The lowest BCUT2D eigenvalue weighted by Gasteiger charge is -2.31. The van der Waals surface area contributed by atoms with Crippen LogP contribution in [0.3, 0.4) is 0 Å². The van der Waals surface area contributed by atoms with E-state index in [0.29, 0.717) is 42.7 Å². The number of nitrogens with one attached hydrogen (secondary N) is 1. The summed E-state index contributed by atoms with van der Waals surface area (Å²) < 4.78 is 0. The van der Waals surface area contributed by atoms with E-state index in [2.05, 4.69) is 34.0 Å². The van der Waals surface area contributed by atoms with Crippen molar-refractivity contribution in [2.24, 2.45) is 5.92 Å². The maximum atomic E-state index is 12.6. The van der Waals surface area contributed by atoms with Crippen molar-refractivity contribution in [2.45, 2.75) is 38.6 Å². The van der Waals surface area contributed by atoms with Crippen LogP contribution in [0.15, 0.2) is 42.7 Å². The summed E-state index contributed by atoms with van der Waals surface area (Å²) in [5, 5.41) is 3.02. The number of hydrogen-bond acceptors (Lipinski definition) is 5. The monoisotopic (exact) mass is 423 g/mol. The fraction of sp³-hybridized carbons (Fsp3) is 0.500. The summed E-state index contributed by atoms with van der Waals surface area (Å²) in [5.41, 5.74) is 2.05. The molecule has 1 aliphatic rings. The number of likely N-dealkylation sites (tertiary alicyclic amines) is 1. The van der Waals surface area contributed by atoms with Gasteiger partial charge in [-0.3, -0.25) is 19.6 Å². The highest BCUT2D eigenvalue weighted by molar-refractivity contribution is 5.94. The van der Waals surface area contributed by atoms with Gasteiger partial charge in [-0.2, -0.15) is 0 Å². The number of aromatic nitrogens is 2. The summed E-state index contributed by atoms with van der Waals surface area (Å²) >= 11 is 0. The van der Waals surface area contributed by atoms with E-state index in [-0.39, 0.29) is 17.9 Å². The maximum absolute atomic E-state index is 12.6. The van der Waals surface area contributed by atoms with Gasteiger partial charge in [-0.15, -0.1) is 0 Å². The molecule has 0 aromatic carbocycles. The van der Waals surface area contributed by atoms with Gasteiger partial charge >= 0.3 is 0 Å². The molecule has 0 unspecified atom stereocenters. The molecule has 1 aliphatic heterocycles. The molecule has 31 heavy (non-hydrogen) atoms. The fourth-order valence-corrected chi connectivity index (χ4v) is 4.12. The van der Waals surface area contributed by atoms with E-state index in [4.69, 9.17) is 0 Å². The van der Waals surface area contributed by atoms with Crippen LogP contribution in [0.2, 0.25) is 0 Å². The highest BCUT2D eigenvalue weighted by atomic mass is 16.2. The van der Waals surface area contributed by atoms with E-state index in [1.807, 2.05) is 43.3 Å². The number of rotatable bonds is 7. The summed E-state index contributed by atoms with van der Waals surface area (Å²) in [4.78, 5) is 37.8. The molecule has 166 valence electrons. The number of pyridine rings is 2. The molecule has 1 N–H and O–H groups in total. The topological polar surface area (TPSA) is 78.4 Å². The molecule has 1 atom stereocenters. The van der Waals surface area contributed by atoms with E-state index in [9.17, 15) is 9.59 Å². The second-order valence-electron chi connectivity index (χ2n) is 8.74. The minimum absolute atomic E-state index is 0.0172. The zero-order chi connectivity index (χ0) is 22.4. The predicted molar refractivity (Wildman–Crippen MR) is 121 cm³/mol. The molecule has 7 heteroatoms. The van der Waals surface area contributed by atoms with Gasteiger partial charge in [0, 0.05) is 49.7 Å². The highest BCUT2D eigenvalue weighted by Crippen LogP contribution is 2.27. The Bertz CT molecular complexity index is 851. The SMILES string of the molecule is CC(C)[C@@H](CNC(=O)c1ccc(C2CCN(C(=O)c3ccccn3)CC2)nc1)N(C)C. The van der Waals surface area contributed by atoms with Gasteiger partial charge in [0.1, 0.15) is 5.69 Å². The molecular formula is C24H33N5O2. The minimum Gasteiger partial charge on any atom is -0.350 e. The molecule has 0 saturated carbocycles. The standard InChI is InChI=1S/C24H33N5O2/c1-17(2)22(28(3)4)16-27-23(30)19-8-9-20(26-15-19)18-10-13-29(14-11-18)24(31)21-7-5-6-12-25-21/h5-9,12,15,17-18,22H,10-11,13-14,16H2,1-4H3,(H,27,30)/t22-/m1/s1. The summed E-state index contributed by atoms with van der Waals surface area (Å²) in [6, 6.07) is 9.48. The van der Waals surface area contributed by atoms with Gasteiger partial charge in [0.2, 0.25) is 0 Å². The Labute approximate surface area is 184 Å². The van der Waals surface area contributed by atoms with Crippen LogP contribution in [0.1, 0.15) is 59.1 Å². The molecule has 7 nitrogen and oxygen atoms in total.